The molecule has 3 aromatic carbocycles. The molecule has 0 aliphatic rings. The van der Waals surface area contributed by atoms with Crippen LogP contribution in [0.15, 0.2) is 90.2 Å². The number of aliphatic imine (C=N–C) groups is 1. The van der Waals surface area contributed by atoms with Crippen LogP contribution in [0.5, 0.6) is 5.75 Å². The lowest BCUT2D eigenvalue weighted by atomic mass is 9.94. The second-order valence-corrected chi connectivity index (χ2v) is 22.7. The van der Waals surface area contributed by atoms with Gasteiger partial charge in [0.2, 0.25) is 59.1 Å². The quantitative estimate of drug-likeness (QED) is 0.00927. The zero-order chi connectivity index (χ0) is 67.1. The number of nitrogens with zero attached hydrogens (tertiary/aromatic N) is 1. The average molecular weight is 1260 g/mol. The number of hydrogen-bond acceptors (Lipinski definition) is 15. The third kappa shape index (κ3) is 21.7. The van der Waals surface area contributed by atoms with Gasteiger partial charge in [0.05, 0.1) is 18.6 Å². The molecule has 0 saturated heterocycles. The molecule has 91 heavy (non-hydrogen) atoms. The number of H-pyrrole nitrogens is 2. The van der Waals surface area contributed by atoms with Crippen LogP contribution in [-0.2, 0) is 72.0 Å². The molecule has 10 amide bonds. The van der Waals surface area contributed by atoms with E-state index in [4.69, 9.17) is 28.7 Å². The number of para-hydroxylation sites is 2. The summed E-state index contributed by atoms with van der Waals surface area (Å²) in [6, 6.07) is 7.09. The summed E-state index contributed by atoms with van der Waals surface area (Å²) in [5.74, 6) is -10.7. The van der Waals surface area contributed by atoms with E-state index in [-0.39, 0.29) is 56.8 Å². The van der Waals surface area contributed by atoms with Gasteiger partial charge in [0, 0.05) is 66.4 Å². The van der Waals surface area contributed by atoms with E-state index in [1.165, 1.54) is 31.2 Å². The highest BCUT2D eigenvalue weighted by atomic mass is 16.3. The van der Waals surface area contributed by atoms with E-state index in [1.807, 2.05) is 24.3 Å². The summed E-state index contributed by atoms with van der Waals surface area (Å²) in [6.45, 7) is 8.10. The maximum atomic E-state index is 15.0. The molecule has 492 valence electrons. The smallest absolute Gasteiger partial charge is 0.243 e. The van der Waals surface area contributed by atoms with Crippen molar-refractivity contribution in [3.63, 3.8) is 0 Å². The number of aromatic nitrogens is 2. The number of phenols is 1. The van der Waals surface area contributed by atoms with Crippen molar-refractivity contribution >= 4 is 93.1 Å². The molecule has 0 bridgehead atoms. The molecule has 0 aliphatic heterocycles. The van der Waals surface area contributed by atoms with Crippen molar-refractivity contribution in [3.05, 3.63) is 102 Å². The van der Waals surface area contributed by atoms with Gasteiger partial charge in [0.1, 0.15) is 60.4 Å². The number of rotatable bonds is 37. The predicted molar refractivity (Wildman–Crippen MR) is 338 cm³/mol. The van der Waals surface area contributed by atoms with Gasteiger partial charge in [-0.15, -0.1) is 0 Å². The van der Waals surface area contributed by atoms with E-state index in [9.17, 15) is 63.0 Å². The largest absolute Gasteiger partial charge is 0.508 e. The third-order valence-corrected chi connectivity index (χ3v) is 15.7. The highest BCUT2D eigenvalue weighted by Crippen LogP contribution is 2.22. The van der Waals surface area contributed by atoms with Gasteiger partial charge in [-0.2, -0.15) is 0 Å². The molecule has 2 aromatic heterocycles. The summed E-state index contributed by atoms with van der Waals surface area (Å²) in [6.07, 6.45) is 1.14. The van der Waals surface area contributed by atoms with Gasteiger partial charge in [-0.25, -0.2) is 0 Å². The van der Waals surface area contributed by atoms with Crippen molar-refractivity contribution < 1.29 is 63.0 Å². The van der Waals surface area contributed by atoms with Gasteiger partial charge in [0.15, 0.2) is 5.96 Å². The number of phenolic OH excluding ortho intramolecular Hbond substituents is 1. The number of aliphatic hydroxyl groups is 1. The van der Waals surface area contributed by atoms with E-state index >= 15 is 0 Å². The Kier molecular flexibility index (Phi) is 27.4. The molecule has 5 rings (SSSR count). The number of fused-ring (bicyclic) bond motifs is 2. The zero-order valence-electron chi connectivity index (χ0n) is 51.6. The van der Waals surface area contributed by atoms with Crippen LogP contribution >= 0.6 is 0 Å². The highest BCUT2D eigenvalue weighted by molar-refractivity contribution is 5.99. The van der Waals surface area contributed by atoms with Crippen LogP contribution < -0.4 is 71.2 Å². The number of aromatic hydroxyl groups is 1. The first-order valence-electron chi connectivity index (χ1n) is 30.0. The normalized spacial score (nSPS) is 15.2. The number of aliphatic hydroxyl groups excluding tert-OH is 1. The monoisotopic (exact) mass is 1260 g/mol. The Bertz CT molecular complexity index is 3380. The van der Waals surface area contributed by atoms with Crippen LogP contribution in [-0.4, -0.2) is 159 Å². The Balaban J connectivity index is 1.42. The minimum atomic E-state index is -1.63. The van der Waals surface area contributed by atoms with Crippen molar-refractivity contribution in [3.8, 4) is 5.75 Å². The second-order valence-electron chi connectivity index (χ2n) is 22.7. The Morgan fingerprint density at radius 1 is 0.538 bits per heavy atom. The van der Waals surface area contributed by atoms with Crippen LogP contribution in [0.25, 0.3) is 21.8 Å². The Hall–Kier alpha value is -9.90. The van der Waals surface area contributed by atoms with Crippen molar-refractivity contribution in [1.82, 2.24) is 52.5 Å². The Labute approximate surface area is 525 Å². The summed E-state index contributed by atoms with van der Waals surface area (Å²) in [7, 11) is 0. The first-order chi connectivity index (χ1) is 43.2. The summed E-state index contributed by atoms with van der Waals surface area (Å²) in [5.41, 5.74) is 31.3. The van der Waals surface area contributed by atoms with E-state index in [0.717, 1.165) is 10.9 Å². The third-order valence-electron chi connectivity index (χ3n) is 15.7. The summed E-state index contributed by atoms with van der Waals surface area (Å²) >= 11 is 0. The molecule has 0 fully saturated rings. The van der Waals surface area contributed by atoms with Crippen molar-refractivity contribution in [2.75, 3.05) is 6.54 Å². The number of carbonyl (C=O) groups is 11. The topological polar surface area (TPSA) is 499 Å². The molecule has 0 aliphatic carbocycles. The second kappa shape index (κ2) is 34.7. The van der Waals surface area contributed by atoms with Crippen LogP contribution in [0.1, 0.15) is 96.3 Å². The molecule has 22 N–H and O–H groups in total. The number of primary amides is 2. The van der Waals surface area contributed by atoms with Gasteiger partial charge in [0.25, 0.3) is 0 Å². The molecule has 0 saturated carbocycles. The van der Waals surface area contributed by atoms with Gasteiger partial charge >= 0.3 is 0 Å². The van der Waals surface area contributed by atoms with Gasteiger partial charge in [-0.3, -0.25) is 52.9 Å². The van der Waals surface area contributed by atoms with E-state index in [2.05, 4.69) is 57.5 Å². The molecule has 29 nitrogen and oxygen atoms in total. The fourth-order valence-corrected chi connectivity index (χ4v) is 9.97. The predicted octanol–water partition coefficient (Wildman–Crippen LogP) is -1.55. The fraction of sp³-hybridized carbons (Fsp3) is 0.452. The Morgan fingerprint density at radius 3 is 1.52 bits per heavy atom. The van der Waals surface area contributed by atoms with Crippen molar-refractivity contribution in [2.45, 2.75) is 159 Å². The number of amides is 10. The first-order valence-corrected chi connectivity index (χ1v) is 30.0. The number of aldehydes is 1. The highest BCUT2D eigenvalue weighted by Gasteiger charge is 2.38. The summed E-state index contributed by atoms with van der Waals surface area (Å²) in [4.78, 5) is 162. The molecule has 0 unspecified atom stereocenters. The fourth-order valence-electron chi connectivity index (χ4n) is 9.97. The summed E-state index contributed by atoms with van der Waals surface area (Å²) < 4.78 is 0. The minimum Gasteiger partial charge on any atom is -0.508 e. The van der Waals surface area contributed by atoms with Crippen molar-refractivity contribution in [2.24, 2.45) is 45.5 Å². The number of guanidine groups is 1. The molecule has 2 heterocycles. The van der Waals surface area contributed by atoms with Crippen molar-refractivity contribution in [1.29, 1.82) is 0 Å². The van der Waals surface area contributed by atoms with Crippen LogP contribution in [0.4, 0.5) is 0 Å². The Morgan fingerprint density at radius 2 is 0.989 bits per heavy atom. The molecular weight excluding hydrogens is 1180 g/mol. The van der Waals surface area contributed by atoms with Gasteiger partial charge in [-0.1, -0.05) is 89.1 Å². The van der Waals surface area contributed by atoms with E-state index in [0.29, 0.717) is 40.3 Å². The standard InChI is InChI=1S/C62H86N16O13/c1-6-32(3)52(60(90)73-44(17-12-24-68-62(66)67)54(84)75-48(28-50(64)83)56(86)71-38(31-79)26-36-29-69-42-15-10-8-13-40(36)42)78-61(91)53(33(4)7-2)77-58(88)47(27-37-30-70-43-16-11-9-14-41(37)43)74-55(85)45(22-23-49(63)82)72-57(87)46(76-59(89)51(65)34(5)80)25-35-18-20-39(81)21-19-35/h8-11,13-16,18-21,29-34,38,44-48,51-53,69-70,80-81H,6-7,12,17,22-28,65H2,1-5H3,(H2,63,82)(H2,64,83)(H,71,86)(H,72,87)(H,73,90)(H,74,85)(H,75,84)(H,76,89)(H,77,88)(H,78,91)(H4,66,67,68)/t32-,33-,34+,38-,44-,45-,46-,47-,48-,51-,52-,53-/m0/s1. The average Bonchev–Trinajstić information content (AvgIpc) is 3.06. The first kappa shape index (κ1) is 71.8. The molecule has 0 spiro atoms. The molecule has 12 atom stereocenters. The lowest BCUT2D eigenvalue weighted by Crippen LogP contribution is -2.62. The maximum Gasteiger partial charge on any atom is 0.243 e. The number of hydrogen-bond donors (Lipinski definition) is 17. The number of benzene rings is 3. The number of carbonyl (C=O) groups excluding carboxylic acids is 11. The molecule has 29 heteroatoms. The number of nitrogens with one attached hydrogen (secondary N) is 10. The lowest BCUT2D eigenvalue weighted by molar-refractivity contribution is -0.137. The minimum absolute atomic E-state index is 0.00237. The maximum absolute atomic E-state index is 15.0. The van der Waals surface area contributed by atoms with Gasteiger partial charge in [-0.05, 0) is 79.0 Å². The zero-order valence-corrected chi connectivity index (χ0v) is 51.6. The number of nitrogens with two attached hydrogens (primary N) is 5. The van der Waals surface area contributed by atoms with Crippen LogP contribution in [0.2, 0.25) is 0 Å². The number of aromatic amines is 2. The van der Waals surface area contributed by atoms with Gasteiger partial charge < -0.3 is 96.2 Å². The molecule has 5 aromatic rings. The van der Waals surface area contributed by atoms with E-state index < -0.39 is 151 Å². The van der Waals surface area contributed by atoms with Crippen LogP contribution in [0.3, 0.4) is 0 Å². The molecule has 0 radical (unpaired) electrons. The van der Waals surface area contributed by atoms with E-state index in [1.54, 1.807) is 64.4 Å². The SMILES string of the molecule is CC[C@H](C)[C@H](NC(=O)[C@H](Cc1c[nH]c2ccccc12)NC(=O)[C@H](CCC(N)=O)NC(=O)[C@H](Cc1ccc(O)cc1)NC(=O)[C@@H](N)[C@@H](C)O)C(=O)N[C@H](C(=O)N[C@@H](CCCN=C(N)N)C(=O)N[C@@H](CC(N)=O)C(=O)N[C@H](C=O)Cc1c[nH]c2ccccc12)[C@@H](C)CC. The lowest BCUT2D eigenvalue weighted by Gasteiger charge is -2.31. The molecular formula is C62H86N16O13. The summed E-state index contributed by atoms with van der Waals surface area (Å²) in [5, 5.41) is 42.5. The van der Waals surface area contributed by atoms with Crippen LogP contribution in [0, 0.1) is 11.8 Å².